The van der Waals surface area contributed by atoms with E-state index in [0.717, 1.165) is 13.2 Å². The lowest BCUT2D eigenvalue weighted by Gasteiger charge is -2.30. The summed E-state index contributed by atoms with van der Waals surface area (Å²) in [7, 11) is 3.62. The van der Waals surface area contributed by atoms with Crippen LogP contribution in [0.1, 0.15) is 88.5 Å². The van der Waals surface area contributed by atoms with E-state index in [1.807, 2.05) is 14.2 Å². The molecular weight excluding hydrogens is 528 g/mol. The first-order valence-electron chi connectivity index (χ1n) is 15.7. The summed E-state index contributed by atoms with van der Waals surface area (Å²) in [5.41, 5.74) is 6.06. The van der Waals surface area contributed by atoms with E-state index in [1.165, 1.54) is 87.0 Å². The van der Waals surface area contributed by atoms with Crippen LogP contribution < -0.4 is 0 Å². The predicted molar refractivity (Wildman–Crippen MR) is 178 cm³/mol. The van der Waals surface area contributed by atoms with Crippen LogP contribution in [0.15, 0.2) is 48.5 Å². The summed E-state index contributed by atoms with van der Waals surface area (Å²) in [6, 6.07) is 19.3. The summed E-state index contributed by atoms with van der Waals surface area (Å²) in [4.78, 5) is 5.22. The Morgan fingerprint density at radius 2 is 0.976 bits per heavy atom. The standard InChI is InChI=1S/2C18H29NO.ClH/c2*1-15-7-9-16(10-8-15)18(2,3)11-13-19-12-5-6-17(19)14-20-4;/h2*7-10,17H,5-6,11-14H2,1-4H3;1H/t2*17-;/m00./s1. The van der Waals surface area contributed by atoms with Crippen LogP contribution in [0.25, 0.3) is 0 Å². The lowest BCUT2D eigenvalue weighted by Crippen LogP contribution is -2.36. The largest absolute Gasteiger partial charge is 0.383 e. The molecule has 0 aromatic heterocycles. The van der Waals surface area contributed by atoms with Crippen LogP contribution in [-0.2, 0) is 20.3 Å². The van der Waals surface area contributed by atoms with E-state index in [-0.39, 0.29) is 23.2 Å². The van der Waals surface area contributed by atoms with Crippen molar-refractivity contribution in [3.8, 4) is 0 Å². The van der Waals surface area contributed by atoms with Crippen LogP contribution >= 0.6 is 12.4 Å². The maximum absolute atomic E-state index is 5.34. The number of methoxy groups -OCH3 is 2. The van der Waals surface area contributed by atoms with E-state index >= 15 is 0 Å². The van der Waals surface area contributed by atoms with Crippen molar-refractivity contribution in [2.45, 2.75) is 103 Å². The van der Waals surface area contributed by atoms with Gasteiger partial charge in [-0.05, 0) is 101 Å². The Kier molecular flexibility index (Phi) is 14.8. The van der Waals surface area contributed by atoms with E-state index in [1.54, 1.807) is 0 Å². The van der Waals surface area contributed by atoms with Gasteiger partial charge in [-0.1, -0.05) is 87.4 Å². The molecule has 4 nitrogen and oxygen atoms in total. The Balaban J connectivity index is 0.000000280. The van der Waals surface area contributed by atoms with E-state index in [4.69, 9.17) is 9.47 Å². The van der Waals surface area contributed by atoms with E-state index in [2.05, 4.69) is 99.9 Å². The third-order valence-corrected chi connectivity index (χ3v) is 9.43. The zero-order valence-electron chi connectivity index (χ0n) is 27.4. The number of likely N-dealkylation sites (tertiary alicyclic amines) is 2. The summed E-state index contributed by atoms with van der Waals surface area (Å²) in [5, 5.41) is 0. The van der Waals surface area contributed by atoms with Crippen molar-refractivity contribution in [3.05, 3.63) is 70.8 Å². The Morgan fingerprint density at radius 1 is 0.634 bits per heavy atom. The molecule has 2 aliphatic rings. The van der Waals surface area contributed by atoms with E-state index in [9.17, 15) is 0 Å². The van der Waals surface area contributed by atoms with Crippen LogP contribution in [0.4, 0.5) is 0 Å². The van der Waals surface area contributed by atoms with Gasteiger partial charge in [0.1, 0.15) is 0 Å². The quantitative estimate of drug-likeness (QED) is 0.252. The molecule has 0 saturated carbocycles. The molecule has 2 aromatic carbocycles. The second-order valence-corrected chi connectivity index (χ2v) is 13.6. The van der Waals surface area contributed by atoms with Crippen molar-refractivity contribution in [1.29, 1.82) is 0 Å². The molecule has 0 amide bonds. The molecule has 0 radical (unpaired) electrons. The second kappa shape index (κ2) is 17.0. The van der Waals surface area contributed by atoms with Gasteiger partial charge in [-0.15, -0.1) is 12.4 Å². The minimum atomic E-state index is 0. The first-order chi connectivity index (χ1) is 19.1. The number of ether oxygens (including phenoxy) is 2. The Morgan fingerprint density at radius 3 is 1.29 bits per heavy atom. The molecule has 41 heavy (non-hydrogen) atoms. The maximum Gasteiger partial charge on any atom is 0.0618 e. The van der Waals surface area contributed by atoms with Crippen molar-refractivity contribution in [2.24, 2.45) is 0 Å². The summed E-state index contributed by atoms with van der Waals surface area (Å²) < 4.78 is 10.7. The monoisotopic (exact) mass is 586 g/mol. The number of aryl methyl sites for hydroxylation is 2. The number of rotatable bonds is 12. The van der Waals surface area contributed by atoms with Crippen LogP contribution in [0, 0.1) is 13.8 Å². The Bertz CT molecular complexity index is 908. The average molecular weight is 587 g/mol. The normalized spacial score (nSPS) is 20.0. The fraction of sp³-hybridized carbons (Fsp3) is 0.667. The fourth-order valence-corrected chi connectivity index (χ4v) is 6.29. The van der Waals surface area contributed by atoms with E-state index in [0.29, 0.717) is 12.1 Å². The molecule has 2 saturated heterocycles. The van der Waals surface area contributed by atoms with Crippen LogP contribution in [-0.4, -0.2) is 75.5 Å². The molecule has 2 fully saturated rings. The molecule has 0 bridgehead atoms. The molecule has 0 N–H and O–H groups in total. The van der Waals surface area contributed by atoms with Gasteiger partial charge in [0.2, 0.25) is 0 Å². The summed E-state index contributed by atoms with van der Waals surface area (Å²) in [5.74, 6) is 0. The Hall–Kier alpha value is -1.43. The van der Waals surface area contributed by atoms with Gasteiger partial charge in [-0.3, -0.25) is 9.80 Å². The molecule has 0 spiro atoms. The smallest absolute Gasteiger partial charge is 0.0618 e. The first-order valence-corrected chi connectivity index (χ1v) is 15.7. The predicted octanol–water partition coefficient (Wildman–Crippen LogP) is 7.97. The van der Waals surface area contributed by atoms with Gasteiger partial charge in [0.05, 0.1) is 13.2 Å². The SMILES string of the molecule is COC[C@@H]1CCCN1CCC(C)(C)c1ccc(C)cc1.COC[C@@H]1CCCN1CCC(C)(C)c1ccc(C)cc1.Cl. The number of hydrogen-bond acceptors (Lipinski definition) is 4. The zero-order valence-corrected chi connectivity index (χ0v) is 28.2. The Labute approximate surface area is 258 Å². The highest BCUT2D eigenvalue weighted by Crippen LogP contribution is 2.30. The molecular formula is C36H59ClN2O2. The molecule has 2 atom stereocenters. The van der Waals surface area contributed by atoms with Crippen molar-refractivity contribution < 1.29 is 9.47 Å². The summed E-state index contributed by atoms with van der Waals surface area (Å²) in [6.45, 7) is 20.3. The minimum Gasteiger partial charge on any atom is -0.383 e. The van der Waals surface area contributed by atoms with Crippen LogP contribution in [0.2, 0.25) is 0 Å². The number of halogens is 1. The number of benzene rings is 2. The van der Waals surface area contributed by atoms with Crippen molar-refractivity contribution in [3.63, 3.8) is 0 Å². The fourth-order valence-electron chi connectivity index (χ4n) is 6.29. The lowest BCUT2D eigenvalue weighted by molar-refractivity contribution is 0.111. The third kappa shape index (κ3) is 11.0. The second-order valence-electron chi connectivity index (χ2n) is 13.6. The molecule has 2 heterocycles. The first kappa shape index (κ1) is 35.8. The molecule has 232 valence electrons. The van der Waals surface area contributed by atoms with Crippen molar-refractivity contribution in [1.82, 2.24) is 9.80 Å². The molecule has 4 rings (SSSR count). The highest BCUT2D eigenvalue weighted by molar-refractivity contribution is 5.85. The van der Waals surface area contributed by atoms with Gasteiger partial charge < -0.3 is 9.47 Å². The molecule has 2 aliphatic heterocycles. The van der Waals surface area contributed by atoms with Gasteiger partial charge in [0.15, 0.2) is 0 Å². The minimum absolute atomic E-state index is 0. The van der Waals surface area contributed by atoms with Crippen molar-refractivity contribution in [2.75, 3.05) is 53.6 Å². The summed E-state index contributed by atoms with van der Waals surface area (Å²) >= 11 is 0. The zero-order chi connectivity index (χ0) is 29.2. The average Bonchev–Trinajstić information content (AvgIpc) is 3.57. The van der Waals surface area contributed by atoms with Crippen LogP contribution in [0.3, 0.4) is 0 Å². The molecule has 0 unspecified atom stereocenters. The van der Waals surface area contributed by atoms with Gasteiger partial charge in [0, 0.05) is 26.3 Å². The molecule has 5 heteroatoms. The highest BCUT2D eigenvalue weighted by Gasteiger charge is 2.29. The van der Waals surface area contributed by atoms with Gasteiger partial charge in [0.25, 0.3) is 0 Å². The van der Waals surface area contributed by atoms with Gasteiger partial charge >= 0.3 is 0 Å². The van der Waals surface area contributed by atoms with Crippen LogP contribution in [0.5, 0.6) is 0 Å². The molecule has 0 aliphatic carbocycles. The van der Waals surface area contributed by atoms with E-state index < -0.39 is 0 Å². The number of nitrogens with zero attached hydrogens (tertiary/aromatic N) is 2. The summed E-state index contributed by atoms with van der Waals surface area (Å²) in [6.07, 6.45) is 7.63. The lowest BCUT2D eigenvalue weighted by atomic mass is 9.81. The topological polar surface area (TPSA) is 24.9 Å². The van der Waals surface area contributed by atoms with Crippen molar-refractivity contribution >= 4 is 12.4 Å². The maximum atomic E-state index is 5.34. The third-order valence-electron chi connectivity index (χ3n) is 9.43. The number of hydrogen-bond donors (Lipinski definition) is 0. The highest BCUT2D eigenvalue weighted by atomic mass is 35.5. The van der Waals surface area contributed by atoms with Gasteiger partial charge in [-0.25, -0.2) is 0 Å². The molecule has 2 aromatic rings. The van der Waals surface area contributed by atoms with Gasteiger partial charge in [-0.2, -0.15) is 0 Å².